The summed E-state index contributed by atoms with van der Waals surface area (Å²) < 4.78 is 0.292. The highest BCUT2D eigenvalue weighted by Gasteiger charge is 2.21. The number of carbonyl (C=O) groups is 2. The molecular weight excluding hydrogens is 288 g/mol. The lowest BCUT2D eigenvalue weighted by molar-refractivity contribution is 0.0651. The van der Waals surface area contributed by atoms with Gasteiger partial charge >= 0.3 is 11.9 Å². The average molecular weight is 295 g/mol. The summed E-state index contributed by atoms with van der Waals surface area (Å²) in [6, 6.07) is 8.36. The molecule has 0 unspecified atom stereocenters. The lowest BCUT2D eigenvalue weighted by atomic mass is 10.0. The summed E-state index contributed by atoms with van der Waals surface area (Å²) in [5, 5.41) is 19.4. The van der Waals surface area contributed by atoms with E-state index in [4.69, 9.17) is 10.2 Å². The zero-order chi connectivity index (χ0) is 12.6. The maximum atomic E-state index is 11.1. The minimum Gasteiger partial charge on any atom is -0.478 e. The van der Waals surface area contributed by atoms with Gasteiger partial charge in [-0.1, -0.05) is 24.3 Å². The Kier molecular flexibility index (Phi) is 2.85. The molecule has 0 spiro atoms. The molecule has 0 bridgehead atoms. The summed E-state index contributed by atoms with van der Waals surface area (Å²) >= 11 is 3.16. The molecule has 2 N–H and O–H groups in total. The van der Waals surface area contributed by atoms with E-state index in [0.29, 0.717) is 15.2 Å². The monoisotopic (exact) mass is 294 g/mol. The van der Waals surface area contributed by atoms with E-state index in [1.807, 2.05) is 0 Å². The number of halogens is 1. The highest BCUT2D eigenvalue weighted by Crippen LogP contribution is 2.30. The Hall–Kier alpha value is -1.88. The number of carboxylic acid groups (broad SMARTS) is 2. The van der Waals surface area contributed by atoms with Crippen LogP contribution in [0.25, 0.3) is 10.8 Å². The molecule has 2 aromatic rings. The first kappa shape index (κ1) is 11.6. The van der Waals surface area contributed by atoms with E-state index in [2.05, 4.69) is 15.9 Å². The Morgan fingerprint density at radius 1 is 1.06 bits per heavy atom. The fourth-order valence-corrected chi connectivity index (χ4v) is 2.43. The lowest BCUT2D eigenvalue weighted by Gasteiger charge is -2.08. The molecule has 2 aromatic carbocycles. The molecule has 0 aliphatic rings. The molecule has 0 aliphatic heterocycles. The first-order chi connectivity index (χ1) is 8.02. The molecule has 0 saturated heterocycles. The molecule has 0 radical (unpaired) electrons. The van der Waals surface area contributed by atoms with Crippen molar-refractivity contribution in [2.75, 3.05) is 0 Å². The predicted molar refractivity (Wildman–Crippen MR) is 65.6 cm³/mol. The average Bonchev–Trinajstić information content (AvgIpc) is 2.28. The van der Waals surface area contributed by atoms with Crippen LogP contribution >= 0.6 is 15.9 Å². The van der Waals surface area contributed by atoms with Crippen molar-refractivity contribution >= 4 is 38.6 Å². The Balaban J connectivity index is 2.94. The van der Waals surface area contributed by atoms with E-state index in [1.165, 1.54) is 6.07 Å². The standard InChI is InChI=1S/C12H7BrO4/c13-10-7-4-2-1-3-6(7)5-8(11(14)15)9(10)12(16)17/h1-5H,(H,14,15)(H,16,17). The molecule has 0 heterocycles. The molecule has 0 saturated carbocycles. The summed E-state index contributed by atoms with van der Waals surface area (Å²) in [5.41, 5.74) is -0.445. The number of fused-ring (bicyclic) bond motifs is 1. The van der Waals surface area contributed by atoms with Gasteiger partial charge in [-0.2, -0.15) is 0 Å². The van der Waals surface area contributed by atoms with E-state index in [9.17, 15) is 9.59 Å². The summed E-state index contributed by atoms with van der Waals surface area (Å²) in [6.07, 6.45) is 0. The Labute approximate surface area is 105 Å². The SMILES string of the molecule is O=C(O)c1cc2ccccc2c(Br)c1C(=O)O. The second-order valence-corrected chi connectivity index (χ2v) is 4.24. The summed E-state index contributed by atoms with van der Waals surface area (Å²) in [6.45, 7) is 0. The van der Waals surface area contributed by atoms with Crippen molar-refractivity contribution in [1.29, 1.82) is 0 Å². The second kappa shape index (κ2) is 4.18. The van der Waals surface area contributed by atoms with Crippen LogP contribution < -0.4 is 0 Å². The maximum absolute atomic E-state index is 11.1. The Morgan fingerprint density at radius 2 is 1.71 bits per heavy atom. The van der Waals surface area contributed by atoms with Gasteiger partial charge in [-0.25, -0.2) is 9.59 Å². The van der Waals surface area contributed by atoms with E-state index >= 15 is 0 Å². The van der Waals surface area contributed by atoms with Crippen LogP contribution in [0.5, 0.6) is 0 Å². The van der Waals surface area contributed by atoms with Gasteiger partial charge in [0.25, 0.3) is 0 Å². The predicted octanol–water partition coefficient (Wildman–Crippen LogP) is 3.00. The first-order valence-corrected chi connectivity index (χ1v) is 5.49. The molecule has 0 fully saturated rings. The van der Waals surface area contributed by atoms with Gasteiger partial charge in [-0.3, -0.25) is 0 Å². The third-order valence-electron chi connectivity index (χ3n) is 2.43. The molecule has 86 valence electrons. The van der Waals surface area contributed by atoms with E-state index in [0.717, 1.165) is 0 Å². The van der Waals surface area contributed by atoms with E-state index in [-0.39, 0.29) is 11.1 Å². The van der Waals surface area contributed by atoms with Crippen molar-refractivity contribution in [2.45, 2.75) is 0 Å². The van der Waals surface area contributed by atoms with Crippen LogP contribution in [0, 0.1) is 0 Å². The van der Waals surface area contributed by atoms with E-state index in [1.54, 1.807) is 24.3 Å². The normalized spacial score (nSPS) is 10.4. The van der Waals surface area contributed by atoms with Gasteiger partial charge in [0, 0.05) is 4.47 Å². The van der Waals surface area contributed by atoms with Crippen molar-refractivity contribution in [3.05, 3.63) is 45.9 Å². The van der Waals surface area contributed by atoms with Crippen LogP contribution in [0.15, 0.2) is 34.8 Å². The minimum atomic E-state index is -1.26. The van der Waals surface area contributed by atoms with Crippen LogP contribution in [0.4, 0.5) is 0 Å². The highest BCUT2D eigenvalue weighted by molar-refractivity contribution is 9.10. The van der Waals surface area contributed by atoms with E-state index < -0.39 is 11.9 Å². The number of rotatable bonds is 2. The van der Waals surface area contributed by atoms with Crippen LogP contribution in [-0.4, -0.2) is 22.2 Å². The minimum absolute atomic E-state index is 0.219. The molecule has 0 amide bonds. The largest absolute Gasteiger partial charge is 0.478 e. The number of hydrogen-bond donors (Lipinski definition) is 2. The number of benzene rings is 2. The van der Waals surface area contributed by atoms with Crippen molar-refractivity contribution in [3.8, 4) is 0 Å². The van der Waals surface area contributed by atoms with Gasteiger partial charge < -0.3 is 10.2 Å². The van der Waals surface area contributed by atoms with Gasteiger partial charge in [0.1, 0.15) is 0 Å². The molecule has 0 aromatic heterocycles. The van der Waals surface area contributed by atoms with Gasteiger partial charge in [-0.05, 0) is 32.8 Å². The molecular formula is C12H7BrO4. The number of aromatic carboxylic acids is 2. The van der Waals surface area contributed by atoms with Crippen LogP contribution in [0.3, 0.4) is 0 Å². The van der Waals surface area contributed by atoms with Crippen LogP contribution in [0.1, 0.15) is 20.7 Å². The zero-order valence-corrected chi connectivity index (χ0v) is 10.1. The molecule has 0 atom stereocenters. The van der Waals surface area contributed by atoms with Gasteiger partial charge in [0.05, 0.1) is 11.1 Å². The summed E-state index contributed by atoms with van der Waals surface area (Å²) in [7, 11) is 0. The number of carboxylic acids is 2. The zero-order valence-electron chi connectivity index (χ0n) is 8.48. The van der Waals surface area contributed by atoms with Gasteiger partial charge in [-0.15, -0.1) is 0 Å². The quantitative estimate of drug-likeness (QED) is 0.893. The number of hydrogen-bond acceptors (Lipinski definition) is 2. The molecule has 5 heteroatoms. The fraction of sp³-hybridized carbons (Fsp3) is 0. The molecule has 17 heavy (non-hydrogen) atoms. The van der Waals surface area contributed by atoms with Crippen molar-refractivity contribution < 1.29 is 19.8 Å². The van der Waals surface area contributed by atoms with Crippen LogP contribution in [0.2, 0.25) is 0 Å². The van der Waals surface area contributed by atoms with Crippen LogP contribution in [-0.2, 0) is 0 Å². The third-order valence-corrected chi connectivity index (χ3v) is 3.25. The smallest absolute Gasteiger partial charge is 0.337 e. The van der Waals surface area contributed by atoms with Gasteiger partial charge in [0.15, 0.2) is 0 Å². The Bertz CT molecular complexity index is 634. The fourth-order valence-electron chi connectivity index (χ4n) is 1.68. The first-order valence-electron chi connectivity index (χ1n) is 4.70. The van der Waals surface area contributed by atoms with Gasteiger partial charge in [0.2, 0.25) is 0 Å². The highest BCUT2D eigenvalue weighted by atomic mass is 79.9. The third kappa shape index (κ3) is 1.89. The second-order valence-electron chi connectivity index (χ2n) is 3.44. The molecule has 2 rings (SSSR count). The van der Waals surface area contributed by atoms with Crippen molar-refractivity contribution in [1.82, 2.24) is 0 Å². The van der Waals surface area contributed by atoms with Crippen molar-refractivity contribution in [2.24, 2.45) is 0 Å². The Morgan fingerprint density at radius 3 is 2.29 bits per heavy atom. The summed E-state index contributed by atoms with van der Waals surface area (Å²) in [5.74, 6) is -2.52. The summed E-state index contributed by atoms with van der Waals surface area (Å²) in [4.78, 5) is 22.1. The lowest BCUT2D eigenvalue weighted by Crippen LogP contribution is -2.09. The molecule has 0 aliphatic carbocycles. The van der Waals surface area contributed by atoms with Crippen molar-refractivity contribution in [3.63, 3.8) is 0 Å². The molecule has 4 nitrogen and oxygen atoms in total. The topological polar surface area (TPSA) is 74.6 Å². The maximum Gasteiger partial charge on any atom is 0.337 e.